The second-order valence-corrected chi connectivity index (χ2v) is 7.51. The van der Waals surface area contributed by atoms with Crippen molar-refractivity contribution in [3.63, 3.8) is 0 Å². The van der Waals surface area contributed by atoms with Crippen LogP contribution in [0.25, 0.3) is 0 Å². The van der Waals surface area contributed by atoms with Crippen molar-refractivity contribution in [2.24, 2.45) is 17.8 Å². The summed E-state index contributed by atoms with van der Waals surface area (Å²) in [6, 6.07) is 0. The molecule has 1 radical (unpaired) electrons. The number of rotatable bonds is 0. The molecule has 103 valence electrons. The Hall–Kier alpha value is 0.974. The molecule has 3 aliphatic heterocycles. The summed E-state index contributed by atoms with van der Waals surface area (Å²) < 4.78 is 34.7. The summed E-state index contributed by atoms with van der Waals surface area (Å²) in [7, 11) is -2.91. The van der Waals surface area contributed by atoms with Gasteiger partial charge in [-0.05, 0) is 24.7 Å². The molecule has 3 fully saturated rings. The van der Waals surface area contributed by atoms with Crippen LogP contribution in [0.1, 0.15) is 19.8 Å². The van der Waals surface area contributed by atoms with E-state index in [-0.39, 0.29) is 64.2 Å². The van der Waals surface area contributed by atoms with E-state index in [1.54, 1.807) is 0 Å². The van der Waals surface area contributed by atoms with Gasteiger partial charge in [0.05, 0.1) is 17.6 Å². The van der Waals surface area contributed by atoms with E-state index in [0.717, 1.165) is 19.4 Å². The van der Waals surface area contributed by atoms with E-state index in [9.17, 15) is 8.42 Å². The minimum absolute atomic E-state index is 0. The average Bonchev–Trinajstić information content (AvgIpc) is 2.52. The van der Waals surface area contributed by atoms with E-state index in [1.807, 2.05) is 6.92 Å². The first kappa shape index (κ1) is 17.0. The Labute approximate surface area is 135 Å². The molecule has 5 atom stereocenters. The van der Waals surface area contributed by atoms with Crippen molar-refractivity contribution in [2.45, 2.75) is 32.2 Å². The van der Waals surface area contributed by atoms with Crippen LogP contribution in [-0.2, 0) is 52.0 Å². The average molecular weight is 350 g/mol. The smallest absolute Gasteiger partial charge is 0.161 e. The number of ether oxygens (including phenoxy) is 2. The van der Waals surface area contributed by atoms with E-state index in [4.69, 9.17) is 9.47 Å². The molecule has 3 rings (SSSR count). The summed E-state index contributed by atoms with van der Waals surface area (Å²) in [4.78, 5) is 0. The van der Waals surface area contributed by atoms with Gasteiger partial charge in [0.15, 0.2) is 16.1 Å². The van der Waals surface area contributed by atoms with E-state index >= 15 is 0 Å². The molecule has 3 saturated heterocycles. The Morgan fingerprint density at radius 3 is 2.67 bits per heavy atom. The van der Waals surface area contributed by atoms with Crippen LogP contribution in [0, 0.1) is 25.2 Å². The van der Waals surface area contributed by atoms with Gasteiger partial charge >= 0.3 is 0 Å². The zero-order valence-corrected chi connectivity index (χ0v) is 14.7. The van der Waals surface area contributed by atoms with Crippen molar-refractivity contribution in [1.82, 2.24) is 0 Å². The van der Waals surface area contributed by atoms with Crippen LogP contribution in [0.2, 0.25) is 0 Å². The van der Waals surface area contributed by atoms with Crippen LogP contribution in [0.3, 0.4) is 0 Å². The van der Waals surface area contributed by atoms with Gasteiger partial charge in [-0.2, -0.15) is 0 Å². The van der Waals surface area contributed by atoms with Gasteiger partial charge in [0.1, 0.15) is 0 Å². The molecule has 4 nitrogen and oxygen atoms in total. The number of hydrogen-bond donors (Lipinski definition) is 0. The molecule has 5 unspecified atom stereocenters. The van der Waals surface area contributed by atoms with Crippen molar-refractivity contribution in [3.8, 4) is 0 Å². The fraction of sp³-hybridized carbons (Fsp3) is 0.917. The second kappa shape index (κ2) is 6.17. The SMILES string of the molecule is CC1CS(=O)(=O)CC2OC3OCCCC3C12.[CH3-].[Y]. The van der Waals surface area contributed by atoms with Crippen LogP contribution in [0.5, 0.6) is 0 Å². The Balaban J connectivity index is 0.000000810. The van der Waals surface area contributed by atoms with E-state index < -0.39 is 9.84 Å². The van der Waals surface area contributed by atoms with Gasteiger partial charge in [0.2, 0.25) is 0 Å². The quantitative estimate of drug-likeness (QED) is 0.618. The van der Waals surface area contributed by atoms with E-state index in [2.05, 4.69) is 0 Å². The molecule has 3 aliphatic rings. The van der Waals surface area contributed by atoms with Gasteiger partial charge in [0, 0.05) is 45.2 Å². The normalized spacial score (nSPS) is 45.1. The summed E-state index contributed by atoms with van der Waals surface area (Å²) in [6.45, 7) is 2.79. The first-order valence-electron chi connectivity index (χ1n) is 6.04. The molecular weight excluding hydrogens is 329 g/mol. The van der Waals surface area contributed by atoms with E-state index in [0.29, 0.717) is 17.6 Å². The third-order valence-electron chi connectivity index (χ3n) is 4.14. The maximum Gasteiger partial charge on any atom is 0.161 e. The van der Waals surface area contributed by atoms with Gasteiger partial charge < -0.3 is 16.9 Å². The van der Waals surface area contributed by atoms with Crippen molar-refractivity contribution >= 4 is 9.84 Å². The Morgan fingerprint density at radius 2 is 1.94 bits per heavy atom. The number of sulfone groups is 1. The van der Waals surface area contributed by atoms with Crippen LogP contribution >= 0.6 is 0 Å². The van der Waals surface area contributed by atoms with E-state index in [1.165, 1.54) is 0 Å². The zero-order valence-electron chi connectivity index (χ0n) is 11.0. The monoisotopic (exact) mass is 350 g/mol. The summed E-state index contributed by atoms with van der Waals surface area (Å²) in [5.41, 5.74) is 0. The largest absolute Gasteiger partial charge is 0.358 e. The number of hydrogen-bond acceptors (Lipinski definition) is 4. The fourth-order valence-electron chi connectivity index (χ4n) is 3.60. The third kappa shape index (κ3) is 3.00. The molecule has 0 aliphatic carbocycles. The Morgan fingerprint density at radius 1 is 1.22 bits per heavy atom. The molecule has 0 saturated carbocycles. The molecule has 0 N–H and O–H groups in total. The third-order valence-corrected chi connectivity index (χ3v) is 6.01. The summed E-state index contributed by atoms with van der Waals surface area (Å²) >= 11 is 0. The minimum Gasteiger partial charge on any atom is -0.358 e. The van der Waals surface area contributed by atoms with Crippen LogP contribution in [-0.4, -0.2) is 38.9 Å². The maximum absolute atomic E-state index is 11.7. The predicted molar refractivity (Wildman–Crippen MR) is 65.1 cm³/mol. The Kier molecular flexibility index (Phi) is 5.84. The van der Waals surface area contributed by atoms with Crippen LogP contribution in [0.15, 0.2) is 0 Å². The predicted octanol–water partition coefficient (Wildman–Crippen LogP) is 1.27. The fourth-order valence-corrected chi connectivity index (χ4v) is 5.56. The van der Waals surface area contributed by atoms with Crippen molar-refractivity contribution in [3.05, 3.63) is 7.43 Å². The van der Waals surface area contributed by atoms with Crippen LogP contribution in [0.4, 0.5) is 0 Å². The molecule has 3 heterocycles. The van der Waals surface area contributed by atoms with Gasteiger partial charge in [-0.3, -0.25) is 0 Å². The molecule has 0 bridgehead atoms. The molecule has 0 aromatic heterocycles. The van der Waals surface area contributed by atoms with Gasteiger partial charge in [-0.1, -0.05) is 6.92 Å². The molecule has 0 amide bonds. The molecule has 6 heteroatoms. The first-order valence-corrected chi connectivity index (χ1v) is 7.86. The Bertz CT molecular complexity index is 384. The zero-order chi connectivity index (χ0) is 11.3. The number of fused-ring (bicyclic) bond motifs is 3. The topological polar surface area (TPSA) is 52.6 Å². The van der Waals surface area contributed by atoms with Crippen molar-refractivity contribution in [1.29, 1.82) is 0 Å². The molecular formula is C12H21O4SY-. The van der Waals surface area contributed by atoms with Crippen molar-refractivity contribution in [2.75, 3.05) is 18.1 Å². The second-order valence-electron chi connectivity index (χ2n) is 5.35. The first-order chi connectivity index (χ1) is 7.57. The summed E-state index contributed by atoms with van der Waals surface area (Å²) in [5.74, 6) is 1.53. The summed E-state index contributed by atoms with van der Waals surface area (Å²) in [6.07, 6.45) is 1.94. The standard InChI is InChI=1S/C11H18O4S.CH3.Y/c1-7-5-16(12,13)6-9-10(7)8-3-2-4-14-11(8)15-9;;/h7-11H,2-6H2,1H3;1H3;/q;-1;. The molecule has 0 aromatic rings. The minimum atomic E-state index is -2.91. The van der Waals surface area contributed by atoms with Gasteiger partial charge in [-0.15, -0.1) is 0 Å². The van der Waals surface area contributed by atoms with Gasteiger partial charge in [0.25, 0.3) is 0 Å². The molecule has 0 spiro atoms. The molecule has 0 aromatic carbocycles. The van der Waals surface area contributed by atoms with Crippen molar-refractivity contribution < 1.29 is 50.6 Å². The maximum atomic E-state index is 11.7. The molecule has 18 heavy (non-hydrogen) atoms. The summed E-state index contributed by atoms with van der Waals surface area (Å²) in [5, 5.41) is 0. The van der Waals surface area contributed by atoms with Crippen LogP contribution < -0.4 is 0 Å². The van der Waals surface area contributed by atoms with Gasteiger partial charge in [-0.25, -0.2) is 8.42 Å².